The minimum Gasteiger partial charge on any atom is -0.271 e. The molecule has 0 saturated heterocycles. The first-order valence-electron chi connectivity index (χ1n) is 8.24. The predicted molar refractivity (Wildman–Crippen MR) is 82.4 cm³/mol. The van der Waals surface area contributed by atoms with Crippen molar-refractivity contribution in [1.29, 1.82) is 0 Å². The summed E-state index contributed by atoms with van der Waals surface area (Å²) < 4.78 is 0. The second-order valence-electron chi connectivity index (χ2n) is 5.72. The normalized spacial score (nSPS) is 14.7. The number of hydrazine groups is 1. The molecule has 2 heteroatoms. The molecule has 2 atom stereocenters. The first-order chi connectivity index (χ1) is 8.78. The minimum absolute atomic E-state index is 0.536. The summed E-state index contributed by atoms with van der Waals surface area (Å²) in [6.07, 6.45) is 14.7. The summed E-state index contributed by atoms with van der Waals surface area (Å²) in [6.45, 7) is 6.86. The summed E-state index contributed by atoms with van der Waals surface area (Å²) in [7, 11) is 0. The van der Waals surface area contributed by atoms with Gasteiger partial charge in [-0.25, -0.2) is 0 Å². The standard InChI is InChI=1S/C16H36N2/c1-4-7-9-10-11-13-16(18-17)14-15(6-3)12-8-5-2/h15-16,18H,4-14,17H2,1-3H3. The highest BCUT2D eigenvalue weighted by Gasteiger charge is 2.13. The zero-order valence-corrected chi connectivity index (χ0v) is 13.0. The van der Waals surface area contributed by atoms with Gasteiger partial charge in [-0.15, -0.1) is 0 Å². The fourth-order valence-corrected chi connectivity index (χ4v) is 2.65. The molecule has 0 aromatic carbocycles. The Kier molecular flexibility index (Phi) is 13.3. The van der Waals surface area contributed by atoms with Crippen LogP contribution in [0.3, 0.4) is 0 Å². The molecule has 0 aliphatic carbocycles. The van der Waals surface area contributed by atoms with Crippen LogP contribution in [-0.2, 0) is 0 Å². The molecule has 0 spiro atoms. The Hall–Kier alpha value is -0.0800. The van der Waals surface area contributed by atoms with Crippen LogP contribution in [0, 0.1) is 5.92 Å². The molecule has 0 radical (unpaired) electrons. The van der Waals surface area contributed by atoms with Gasteiger partial charge in [0.1, 0.15) is 0 Å². The number of unbranched alkanes of at least 4 members (excludes halogenated alkanes) is 5. The van der Waals surface area contributed by atoms with Gasteiger partial charge >= 0.3 is 0 Å². The molecule has 3 N–H and O–H groups in total. The third kappa shape index (κ3) is 9.90. The number of hydrogen-bond donors (Lipinski definition) is 2. The molecular formula is C16H36N2. The Bertz CT molecular complexity index is 159. The van der Waals surface area contributed by atoms with E-state index in [-0.39, 0.29) is 0 Å². The largest absolute Gasteiger partial charge is 0.271 e. The highest BCUT2D eigenvalue weighted by molar-refractivity contribution is 4.69. The van der Waals surface area contributed by atoms with Crippen molar-refractivity contribution >= 4 is 0 Å². The van der Waals surface area contributed by atoms with Crippen LogP contribution in [0.4, 0.5) is 0 Å². The lowest BCUT2D eigenvalue weighted by molar-refractivity contribution is 0.333. The van der Waals surface area contributed by atoms with Gasteiger partial charge in [0.25, 0.3) is 0 Å². The number of hydrogen-bond acceptors (Lipinski definition) is 2. The lowest BCUT2D eigenvalue weighted by Crippen LogP contribution is -2.36. The van der Waals surface area contributed by atoms with E-state index in [1.807, 2.05) is 0 Å². The van der Waals surface area contributed by atoms with Crippen molar-refractivity contribution in [3.8, 4) is 0 Å². The van der Waals surface area contributed by atoms with Crippen LogP contribution in [0.25, 0.3) is 0 Å². The van der Waals surface area contributed by atoms with Crippen molar-refractivity contribution in [2.45, 2.75) is 97.4 Å². The Balaban J connectivity index is 3.71. The number of rotatable bonds is 13. The maximum Gasteiger partial charge on any atom is 0.0213 e. The van der Waals surface area contributed by atoms with Crippen molar-refractivity contribution in [2.75, 3.05) is 0 Å². The van der Waals surface area contributed by atoms with E-state index in [1.165, 1.54) is 70.6 Å². The zero-order chi connectivity index (χ0) is 13.6. The van der Waals surface area contributed by atoms with E-state index in [1.54, 1.807) is 0 Å². The molecule has 0 aliphatic heterocycles. The highest BCUT2D eigenvalue weighted by atomic mass is 15.2. The molecule has 2 unspecified atom stereocenters. The molecule has 18 heavy (non-hydrogen) atoms. The van der Waals surface area contributed by atoms with E-state index in [9.17, 15) is 0 Å². The number of nitrogens with one attached hydrogen (secondary N) is 1. The fourth-order valence-electron chi connectivity index (χ4n) is 2.65. The molecule has 0 bridgehead atoms. The Morgan fingerprint density at radius 3 is 2.06 bits per heavy atom. The smallest absolute Gasteiger partial charge is 0.0213 e. The van der Waals surface area contributed by atoms with Crippen molar-refractivity contribution < 1.29 is 0 Å². The van der Waals surface area contributed by atoms with Gasteiger partial charge < -0.3 is 0 Å². The second-order valence-corrected chi connectivity index (χ2v) is 5.72. The summed E-state index contributed by atoms with van der Waals surface area (Å²) in [6, 6.07) is 0.536. The van der Waals surface area contributed by atoms with Crippen LogP contribution in [-0.4, -0.2) is 6.04 Å². The Labute approximate surface area is 115 Å². The molecule has 0 aromatic heterocycles. The summed E-state index contributed by atoms with van der Waals surface area (Å²) in [5, 5.41) is 0. The van der Waals surface area contributed by atoms with Gasteiger partial charge in [0.15, 0.2) is 0 Å². The molecule has 0 aromatic rings. The highest BCUT2D eigenvalue weighted by Crippen LogP contribution is 2.20. The summed E-state index contributed by atoms with van der Waals surface area (Å²) in [5.41, 5.74) is 3.03. The monoisotopic (exact) mass is 256 g/mol. The van der Waals surface area contributed by atoms with Crippen LogP contribution in [0.1, 0.15) is 91.4 Å². The van der Waals surface area contributed by atoms with Crippen molar-refractivity contribution in [1.82, 2.24) is 5.43 Å². The molecule has 2 nitrogen and oxygen atoms in total. The van der Waals surface area contributed by atoms with Gasteiger partial charge in [-0.3, -0.25) is 11.3 Å². The maximum atomic E-state index is 5.70. The van der Waals surface area contributed by atoms with Crippen LogP contribution >= 0.6 is 0 Å². The SMILES string of the molecule is CCCCCCCC(CC(CC)CCCC)NN. The Morgan fingerprint density at radius 2 is 1.50 bits per heavy atom. The summed E-state index contributed by atoms with van der Waals surface area (Å²) >= 11 is 0. The third-order valence-corrected chi connectivity index (χ3v) is 4.05. The molecule has 0 saturated carbocycles. The van der Waals surface area contributed by atoms with Gasteiger partial charge in [-0.05, 0) is 18.8 Å². The van der Waals surface area contributed by atoms with E-state index in [0.29, 0.717) is 6.04 Å². The summed E-state index contributed by atoms with van der Waals surface area (Å²) in [4.78, 5) is 0. The van der Waals surface area contributed by atoms with Crippen LogP contribution in [0.2, 0.25) is 0 Å². The molecule has 0 amide bonds. The van der Waals surface area contributed by atoms with Gasteiger partial charge in [-0.2, -0.15) is 0 Å². The first-order valence-corrected chi connectivity index (χ1v) is 8.24. The molecule has 110 valence electrons. The van der Waals surface area contributed by atoms with Gasteiger partial charge in [-0.1, -0.05) is 78.6 Å². The maximum absolute atomic E-state index is 5.70. The zero-order valence-electron chi connectivity index (χ0n) is 13.0. The molecule has 0 fully saturated rings. The van der Waals surface area contributed by atoms with Crippen molar-refractivity contribution in [2.24, 2.45) is 11.8 Å². The predicted octanol–water partition coefficient (Wildman–Crippen LogP) is 4.79. The average Bonchev–Trinajstić information content (AvgIpc) is 2.41. The Morgan fingerprint density at radius 1 is 0.833 bits per heavy atom. The fraction of sp³-hybridized carbons (Fsp3) is 1.00. The molecular weight excluding hydrogens is 220 g/mol. The number of nitrogens with two attached hydrogens (primary N) is 1. The van der Waals surface area contributed by atoms with Crippen LogP contribution in [0.5, 0.6) is 0 Å². The van der Waals surface area contributed by atoms with Gasteiger partial charge in [0.05, 0.1) is 0 Å². The van der Waals surface area contributed by atoms with E-state index in [4.69, 9.17) is 5.84 Å². The van der Waals surface area contributed by atoms with Crippen molar-refractivity contribution in [3.63, 3.8) is 0 Å². The van der Waals surface area contributed by atoms with E-state index >= 15 is 0 Å². The first kappa shape index (κ1) is 17.9. The van der Waals surface area contributed by atoms with Crippen molar-refractivity contribution in [3.05, 3.63) is 0 Å². The van der Waals surface area contributed by atoms with E-state index < -0.39 is 0 Å². The average molecular weight is 256 g/mol. The lowest BCUT2D eigenvalue weighted by atomic mass is 9.90. The molecule has 0 heterocycles. The quantitative estimate of drug-likeness (QED) is 0.282. The van der Waals surface area contributed by atoms with Gasteiger partial charge in [0, 0.05) is 6.04 Å². The minimum atomic E-state index is 0.536. The molecule has 0 rings (SSSR count). The summed E-state index contributed by atoms with van der Waals surface area (Å²) in [5.74, 6) is 6.56. The second kappa shape index (κ2) is 13.4. The van der Waals surface area contributed by atoms with Crippen LogP contribution in [0.15, 0.2) is 0 Å². The third-order valence-electron chi connectivity index (χ3n) is 4.05. The van der Waals surface area contributed by atoms with Gasteiger partial charge in [0.2, 0.25) is 0 Å². The van der Waals surface area contributed by atoms with E-state index in [2.05, 4.69) is 26.2 Å². The van der Waals surface area contributed by atoms with Crippen LogP contribution < -0.4 is 11.3 Å². The topological polar surface area (TPSA) is 38.0 Å². The lowest BCUT2D eigenvalue weighted by Gasteiger charge is -2.22. The molecule has 0 aliphatic rings. The van der Waals surface area contributed by atoms with E-state index in [0.717, 1.165) is 5.92 Å².